The largest absolute Gasteiger partial charge is 0.416 e. The van der Waals surface area contributed by atoms with Crippen LogP contribution in [0.2, 0.25) is 0 Å². The minimum Gasteiger partial charge on any atom is -0.351 e. The highest BCUT2D eigenvalue weighted by Gasteiger charge is 2.30. The van der Waals surface area contributed by atoms with Gasteiger partial charge in [-0.05, 0) is 30.7 Å². The van der Waals surface area contributed by atoms with E-state index in [-0.39, 0.29) is 11.6 Å². The molecule has 2 aromatic carbocycles. The molecule has 0 aliphatic heterocycles. The molecule has 27 heavy (non-hydrogen) atoms. The Morgan fingerprint density at radius 2 is 1.81 bits per heavy atom. The number of anilines is 3. The molecule has 5 nitrogen and oxygen atoms in total. The van der Waals surface area contributed by atoms with Crippen LogP contribution in [0.3, 0.4) is 0 Å². The molecule has 1 heterocycles. The van der Waals surface area contributed by atoms with Crippen molar-refractivity contribution in [2.24, 2.45) is 0 Å². The zero-order chi connectivity index (χ0) is 19.3. The molecule has 0 saturated heterocycles. The Morgan fingerprint density at radius 3 is 2.52 bits per heavy atom. The summed E-state index contributed by atoms with van der Waals surface area (Å²) in [7, 11) is 0. The van der Waals surface area contributed by atoms with E-state index >= 15 is 0 Å². The fourth-order valence-electron chi connectivity index (χ4n) is 2.56. The molecule has 0 atom stereocenters. The molecule has 0 aliphatic carbocycles. The number of nitrogens with one attached hydrogen (secondary N) is 1. The topological polar surface area (TPSA) is 53.9 Å². The number of nitrogens with zero attached hydrogens (tertiary/aromatic N) is 4. The van der Waals surface area contributed by atoms with Crippen LogP contribution in [0, 0.1) is 0 Å². The molecule has 1 N–H and O–H groups in total. The molecular weight excluding hydrogens is 355 g/mol. The van der Waals surface area contributed by atoms with Crippen LogP contribution >= 0.6 is 0 Å². The van der Waals surface area contributed by atoms with Gasteiger partial charge in [0.1, 0.15) is 0 Å². The summed E-state index contributed by atoms with van der Waals surface area (Å²) in [6, 6.07) is 14.8. The van der Waals surface area contributed by atoms with Crippen molar-refractivity contribution in [1.29, 1.82) is 0 Å². The first-order valence-electron chi connectivity index (χ1n) is 8.38. The van der Waals surface area contributed by atoms with Crippen LogP contribution in [-0.4, -0.2) is 21.7 Å². The smallest absolute Gasteiger partial charge is 0.351 e. The van der Waals surface area contributed by atoms with Crippen LogP contribution in [0.1, 0.15) is 18.1 Å². The van der Waals surface area contributed by atoms with Crippen LogP contribution in [0.15, 0.2) is 60.8 Å². The maximum absolute atomic E-state index is 12.9. The van der Waals surface area contributed by atoms with E-state index in [2.05, 4.69) is 20.5 Å². The van der Waals surface area contributed by atoms with E-state index in [0.717, 1.165) is 17.7 Å². The molecule has 0 fully saturated rings. The number of hydrogen-bond donors (Lipinski definition) is 1. The second-order valence-electron chi connectivity index (χ2n) is 5.84. The van der Waals surface area contributed by atoms with Crippen LogP contribution in [0.25, 0.3) is 0 Å². The monoisotopic (exact) mass is 373 g/mol. The van der Waals surface area contributed by atoms with E-state index in [1.54, 1.807) is 0 Å². The Bertz CT molecular complexity index is 884. The number of alkyl halides is 3. The van der Waals surface area contributed by atoms with Crippen molar-refractivity contribution in [3.63, 3.8) is 0 Å². The Hall–Kier alpha value is -3.16. The van der Waals surface area contributed by atoms with E-state index in [9.17, 15) is 13.2 Å². The lowest BCUT2D eigenvalue weighted by atomic mass is 10.2. The van der Waals surface area contributed by atoms with Crippen molar-refractivity contribution in [3.05, 3.63) is 71.9 Å². The average molecular weight is 373 g/mol. The zero-order valence-corrected chi connectivity index (χ0v) is 14.6. The molecule has 0 aliphatic rings. The normalized spacial score (nSPS) is 11.3. The summed E-state index contributed by atoms with van der Waals surface area (Å²) in [5, 5.41) is 10.6. The minimum atomic E-state index is -4.41. The number of aromatic nitrogens is 3. The SMILES string of the molecule is CCN(Cc1ccccc1)c1cnnc(Nc2cccc(C(F)(F)F)c2)n1. The van der Waals surface area contributed by atoms with Gasteiger partial charge in [-0.25, -0.2) is 0 Å². The molecule has 0 bridgehead atoms. The number of rotatable bonds is 6. The lowest BCUT2D eigenvalue weighted by Crippen LogP contribution is -2.23. The van der Waals surface area contributed by atoms with Gasteiger partial charge in [-0.1, -0.05) is 36.4 Å². The van der Waals surface area contributed by atoms with Gasteiger partial charge in [-0.3, -0.25) is 0 Å². The fraction of sp³-hybridized carbons (Fsp3) is 0.211. The summed E-state index contributed by atoms with van der Waals surface area (Å²) < 4.78 is 38.6. The molecule has 140 valence electrons. The number of halogens is 3. The standard InChI is InChI=1S/C19H18F3N5/c1-2-27(13-14-7-4-3-5-8-14)17-12-23-26-18(25-17)24-16-10-6-9-15(11-16)19(20,21)22/h3-12H,2,13H2,1H3,(H,24,25,26). The van der Waals surface area contributed by atoms with Gasteiger partial charge in [0.15, 0.2) is 5.82 Å². The van der Waals surface area contributed by atoms with Gasteiger partial charge in [0.25, 0.3) is 0 Å². The molecule has 0 saturated carbocycles. The van der Waals surface area contributed by atoms with Gasteiger partial charge < -0.3 is 10.2 Å². The molecule has 8 heteroatoms. The first-order chi connectivity index (χ1) is 13.0. The van der Waals surface area contributed by atoms with E-state index < -0.39 is 11.7 Å². The molecule has 0 radical (unpaired) electrons. The first-order valence-corrected chi connectivity index (χ1v) is 8.38. The highest BCUT2D eigenvalue weighted by Crippen LogP contribution is 2.31. The second kappa shape index (κ2) is 8.03. The van der Waals surface area contributed by atoms with Gasteiger partial charge in [-0.2, -0.15) is 23.3 Å². The van der Waals surface area contributed by atoms with Crippen molar-refractivity contribution in [2.45, 2.75) is 19.6 Å². The molecule has 0 spiro atoms. The van der Waals surface area contributed by atoms with Gasteiger partial charge in [0.2, 0.25) is 5.95 Å². The highest BCUT2D eigenvalue weighted by atomic mass is 19.4. The predicted molar refractivity (Wildman–Crippen MR) is 97.7 cm³/mol. The zero-order valence-electron chi connectivity index (χ0n) is 14.6. The quantitative estimate of drug-likeness (QED) is 0.681. The average Bonchev–Trinajstić information content (AvgIpc) is 2.67. The Kier molecular flexibility index (Phi) is 5.54. The predicted octanol–water partition coefficient (Wildman–Crippen LogP) is 4.66. The Morgan fingerprint density at radius 1 is 1.04 bits per heavy atom. The van der Waals surface area contributed by atoms with Crippen molar-refractivity contribution in [1.82, 2.24) is 15.2 Å². The van der Waals surface area contributed by atoms with Gasteiger partial charge in [-0.15, -0.1) is 5.10 Å². The van der Waals surface area contributed by atoms with E-state index in [4.69, 9.17) is 0 Å². The van der Waals surface area contributed by atoms with Crippen LogP contribution in [0.5, 0.6) is 0 Å². The van der Waals surface area contributed by atoms with Crippen molar-refractivity contribution >= 4 is 17.5 Å². The summed E-state index contributed by atoms with van der Waals surface area (Å²) >= 11 is 0. The third kappa shape index (κ3) is 4.93. The summed E-state index contributed by atoms with van der Waals surface area (Å²) in [6.45, 7) is 3.32. The highest BCUT2D eigenvalue weighted by molar-refractivity contribution is 5.55. The van der Waals surface area contributed by atoms with Gasteiger partial charge in [0, 0.05) is 18.8 Å². The first kappa shape index (κ1) is 18.6. The van der Waals surface area contributed by atoms with Gasteiger partial charge in [0.05, 0.1) is 11.8 Å². The molecule has 0 amide bonds. The maximum Gasteiger partial charge on any atom is 0.416 e. The Labute approximate surface area is 154 Å². The number of hydrogen-bond acceptors (Lipinski definition) is 5. The van der Waals surface area contributed by atoms with Crippen LogP contribution in [0.4, 0.5) is 30.6 Å². The second-order valence-corrected chi connectivity index (χ2v) is 5.84. The van der Waals surface area contributed by atoms with E-state index in [0.29, 0.717) is 18.9 Å². The Balaban J connectivity index is 1.79. The molecule has 3 rings (SSSR count). The lowest BCUT2D eigenvalue weighted by Gasteiger charge is -2.21. The van der Waals surface area contributed by atoms with E-state index in [1.165, 1.54) is 18.3 Å². The summed E-state index contributed by atoms with van der Waals surface area (Å²) in [6.07, 6.45) is -2.88. The van der Waals surface area contributed by atoms with Crippen LogP contribution in [-0.2, 0) is 12.7 Å². The van der Waals surface area contributed by atoms with Crippen molar-refractivity contribution in [2.75, 3.05) is 16.8 Å². The fourth-order valence-corrected chi connectivity index (χ4v) is 2.56. The maximum atomic E-state index is 12.9. The summed E-state index contributed by atoms with van der Waals surface area (Å²) in [5.41, 5.74) is 0.621. The van der Waals surface area contributed by atoms with Crippen molar-refractivity contribution in [3.8, 4) is 0 Å². The van der Waals surface area contributed by atoms with E-state index in [1.807, 2.05) is 42.2 Å². The number of benzene rings is 2. The lowest BCUT2D eigenvalue weighted by molar-refractivity contribution is -0.137. The molecular formula is C19H18F3N5. The van der Waals surface area contributed by atoms with Crippen molar-refractivity contribution < 1.29 is 13.2 Å². The molecule has 1 aromatic heterocycles. The van der Waals surface area contributed by atoms with Gasteiger partial charge >= 0.3 is 6.18 Å². The third-order valence-electron chi connectivity index (χ3n) is 3.91. The summed E-state index contributed by atoms with van der Waals surface area (Å²) in [5.74, 6) is 0.726. The van der Waals surface area contributed by atoms with Crippen LogP contribution < -0.4 is 10.2 Å². The molecule has 0 unspecified atom stereocenters. The third-order valence-corrected chi connectivity index (χ3v) is 3.91. The molecule has 3 aromatic rings. The minimum absolute atomic E-state index is 0.137. The summed E-state index contributed by atoms with van der Waals surface area (Å²) in [4.78, 5) is 6.39.